The molecule has 0 bridgehead atoms. The van der Waals surface area contributed by atoms with E-state index in [1.54, 1.807) is 22.7 Å². The van der Waals surface area contributed by atoms with Crippen molar-refractivity contribution in [2.24, 2.45) is 0 Å². The third-order valence-corrected chi connectivity index (χ3v) is 5.83. The van der Waals surface area contributed by atoms with Crippen LogP contribution in [0.25, 0.3) is 20.4 Å². The Labute approximate surface area is 146 Å². The van der Waals surface area contributed by atoms with Crippen molar-refractivity contribution in [2.45, 2.75) is 25.8 Å². The van der Waals surface area contributed by atoms with Crippen LogP contribution in [-0.4, -0.2) is 21.0 Å². The first kappa shape index (κ1) is 14.1. The van der Waals surface area contributed by atoms with Gasteiger partial charge in [-0.1, -0.05) is 0 Å². The molecule has 1 aromatic carbocycles. The Kier molecular flexibility index (Phi) is 3.17. The van der Waals surface area contributed by atoms with Crippen LogP contribution in [0, 0.1) is 6.92 Å². The van der Waals surface area contributed by atoms with Crippen molar-refractivity contribution in [2.75, 3.05) is 10.6 Å². The van der Waals surface area contributed by atoms with E-state index < -0.39 is 0 Å². The fourth-order valence-corrected chi connectivity index (χ4v) is 4.28. The Morgan fingerprint density at radius 2 is 2.00 bits per heavy atom. The summed E-state index contributed by atoms with van der Waals surface area (Å²) in [6.07, 6.45) is 2.44. The van der Waals surface area contributed by atoms with Crippen molar-refractivity contribution in [3.63, 3.8) is 0 Å². The molecule has 1 fully saturated rings. The Bertz CT molecular complexity index is 1050. The number of thiophene rings is 1. The molecule has 0 aliphatic heterocycles. The molecular weight excluding hydrogens is 338 g/mol. The zero-order valence-corrected chi connectivity index (χ0v) is 14.7. The number of thiazole rings is 1. The Balaban J connectivity index is 1.52. The Morgan fingerprint density at radius 1 is 1.08 bits per heavy atom. The number of nitrogens with zero attached hydrogens (tertiary/aromatic N) is 3. The van der Waals surface area contributed by atoms with Crippen LogP contribution in [0.4, 0.5) is 17.5 Å². The average molecular weight is 353 g/mol. The van der Waals surface area contributed by atoms with Gasteiger partial charge in [0.2, 0.25) is 5.95 Å². The van der Waals surface area contributed by atoms with Crippen LogP contribution in [0.2, 0.25) is 0 Å². The highest BCUT2D eigenvalue weighted by molar-refractivity contribution is 7.18. The molecule has 2 N–H and O–H groups in total. The van der Waals surface area contributed by atoms with E-state index in [1.165, 1.54) is 17.5 Å². The van der Waals surface area contributed by atoms with Crippen LogP contribution >= 0.6 is 22.7 Å². The van der Waals surface area contributed by atoms with Crippen LogP contribution < -0.4 is 10.6 Å². The van der Waals surface area contributed by atoms with Gasteiger partial charge in [-0.15, -0.1) is 22.7 Å². The number of hydrogen-bond donors (Lipinski definition) is 2. The summed E-state index contributed by atoms with van der Waals surface area (Å²) >= 11 is 3.39. The first-order valence-corrected chi connectivity index (χ1v) is 9.60. The lowest BCUT2D eigenvalue weighted by Gasteiger charge is -2.09. The zero-order chi connectivity index (χ0) is 16.1. The molecule has 5 nitrogen and oxygen atoms in total. The van der Waals surface area contributed by atoms with Crippen molar-refractivity contribution in [3.05, 3.63) is 34.7 Å². The number of benzene rings is 1. The maximum Gasteiger partial charge on any atom is 0.229 e. The molecule has 5 rings (SSSR count). The third-order valence-electron chi connectivity index (χ3n) is 3.97. The number of aromatic nitrogens is 3. The van der Waals surface area contributed by atoms with E-state index in [9.17, 15) is 0 Å². The molecule has 1 aliphatic rings. The molecule has 0 spiro atoms. The molecule has 120 valence electrons. The summed E-state index contributed by atoms with van der Waals surface area (Å²) in [5.41, 5.74) is 2.95. The molecule has 3 aromatic heterocycles. The number of rotatable bonds is 4. The van der Waals surface area contributed by atoms with Crippen LogP contribution in [-0.2, 0) is 0 Å². The van der Waals surface area contributed by atoms with Crippen LogP contribution in [0.15, 0.2) is 29.6 Å². The quantitative estimate of drug-likeness (QED) is 0.545. The molecule has 1 aliphatic carbocycles. The van der Waals surface area contributed by atoms with E-state index in [4.69, 9.17) is 4.98 Å². The summed E-state index contributed by atoms with van der Waals surface area (Å²) in [6, 6.07) is 8.79. The molecule has 3 heterocycles. The van der Waals surface area contributed by atoms with Crippen LogP contribution in [0.3, 0.4) is 0 Å². The summed E-state index contributed by atoms with van der Waals surface area (Å²) in [7, 11) is 0. The molecule has 0 amide bonds. The Hall–Kier alpha value is -2.25. The zero-order valence-electron chi connectivity index (χ0n) is 13.0. The highest BCUT2D eigenvalue weighted by Gasteiger charge is 2.23. The van der Waals surface area contributed by atoms with E-state index >= 15 is 0 Å². The van der Waals surface area contributed by atoms with Gasteiger partial charge in [-0.2, -0.15) is 4.98 Å². The summed E-state index contributed by atoms with van der Waals surface area (Å²) in [5.74, 6) is 1.56. The molecule has 0 saturated heterocycles. The fraction of sp³-hybridized carbons (Fsp3) is 0.235. The van der Waals surface area contributed by atoms with Gasteiger partial charge in [0, 0.05) is 11.7 Å². The summed E-state index contributed by atoms with van der Waals surface area (Å²) < 4.78 is 2.32. The topological polar surface area (TPSA) is 62.7 Å². The van der Waals surface area contributed by atoms with Crippen molar-refractivity contribution in [1.82, 2.24) is 15.0 Å². The minimum atomic E-state index is 0.562. The van der Waals surface area contributed by atoms with Crippen LogP contribution in [0.1, 0.15) is 17.8 Å². The van der Waals surface area contributed by atoms with Gasteiger partial charge < -0.3 is 10.6 Å². The molecular formula is C17H15N5S2. The van der Waals surface area contributed by atoms with E-state index in [0.717, 1.165) is 32.2 Å². The number of aryl methyl sites for hydroxylation is 1. The predicted octanol–water partition coefficient (Wildman–Crippen LogP) is 4.93. The lowest BCUT2D eigenvalue weighted by Crippen LogP contribution is -2.06. The monoisotopic (exact) mass is 353 g/mol. The maximum atomic E-state index is 4.69. The average Bonchev–Trinajstić information content (AvgIpc) is 3.10. The second-order valence-corrected chi connectivity index (χ2v) is 8.14. The second kappa shape index (κ2) is 5.39. The van der Waals surface area contributed by atoms with Gasteiger partial charge in [0.25, 0.3) is 0 Å². The molecule has 0 radical (unpaired) electrons. The largest absolute Gasteiger partial charge is 0.366 e. The summed E-state index contributed by atoms with van der Waals surface area (Å²) in [5, 5.41) is 9.98. The van der Waals surface area contributed by atoms with Gasteiger partial charge in [-0.05, 0) is 49.4 Å². The van der Waals surface area contributed by atoms with Crippen molar-refractivity contribution >= 4 is 60.6 Å². The molecule has 7 heteroatoms. The third kappa shape index (κ3) is 2.59. The summed E-state index contributed by atoms with van der Waals surface area (Å²) in [4.78, 5) is 13.9. The molecule has 0 unspecified atom stereocenters. The van der Waals surface area contributed by atoms with Crippen molar-refractivity contribution in [1.29, 1.82) is 0 Å². The van der Waals surface area contributed by atoms with Crippen molar-refractivity contribution < 1.29 is 0 Å². The van der Waals surface area contributed by atoms with Gasteiger partial charge in [-0.3, -0.25) is 0 Å². The first-order chi connectivity index (χ1) is 11.7. The highest BCUT2D eigenvalue weighted by atomic mass is 32.1. The van der Waals surface area contributed by atoms with Gasteiger partial charge in [0.1, 0.15) is 5.82 Å². The van der Waals surface area contributed by atoms with Crippen molar-refractivity contribution in [3.8, 4) is 0 Å². The first-order valence-electron chi connectivity index (χ1n) is 7.90. The maximum absolute atomic E-state index is 4.69. The lowest BCUT2D eigenvalue weighted by molar-refractivity contribution is 1.11. The number of hydrogen-bond acceptors (Lipinski definition) is 7. The van der Waals surface area contributed by atoms with E-state index in [2.05, 4.69) is 38.1 Å². The van der Waals surface area contributed by atoms with E-state index in [-0.39, 0.29) is 0 Å². The fourth-order valence-electron chi connectivity index (χ4n) is 2.69. The van der Waals surface area contributed by atoms with Gasteiger partial charge in [0.15, 0.2) is 0 Å². The van der Waals surface area contributed by atoms with Gasteiger partial charge in [0.05, 0.1) is 25.4 Å². The molecule has 24 heavy (non-hydrogen) atoms. The van der Waals surface area contributed by atoms with Gasteiger partial charge in [-0.25, -0.2) is 9.97 Å². The minimum Gasteiger partial charge on any atom is -0.366 e. The highest BCUT2D eigenvalue weighted by Crippen LogP contribution is 2.32. The van der Waals surface area contributed by atoms with E-state index in [1.807, 2.05) is 19.1 Å². The number of fused-ring (bicyclic) bond motifs is 2. The predicted molar refractivity (Wildman–Crippen MR) is 102 cm³/mol. The Morgan fingerprint density at radius 3 is 2.88 bits per heavy atom. The standard InChI is InChI=1S/C17H15N5S2/c1-9-18-13-8-11(4-5-14(13)24-9)20-17-21-12-6-7-23-15(12)16(22-17)19-10-2-3-10/h4-8,10H,2-3H2,1H3,(H2,19,20,21,22). The van der Waals surface area contributed by atoms with Crippen LogP contribution in [0.5, 0.6) is 0 Å². The SMILES string of the molecule is Cc1nc2cc(Nc3nc(NC4CC4)c4sccc4n3)ccc2s1. The molecule has 4 aromatic rings. The normalized spacial score (nSPS) is 14.4. The number of anilines is 3. The second-order valence-electron chi connectivity index (χ2n) is 5.99. The van der Waals surface area contributed by atoms with E-state index in [0.29, 0.717) is 12.0 Å². The minimum absolute atomic E-state index is 0.562. The number of nitrogens with one attached hydrogen (secondary N) is 2. The summed E-state index contributed by atoms with van der Waals surface area (Å²) in [6.45, 7) is 2.03. The molecule has 0 atom stereocenters. The van der Waals surface area contributed by atoms with Gasteiger partial charge >= 0.3 is 0 Å². The smallest absolute Gasteiger partial charge is 0.229 e. The molecule has 1 saturated carbocycles. The lowest BCUT2D eigenvalue weighted by atomic mass is 10.3.